The largest absolute Gasteiger partial charge is 0.340 e. The summed E-state index contributed by atoms with van der Waals surface area (Å²) in [5.41, 5.74) is 5.98. The lowest BCUT2D eigenvalue weighted by Gasteiger charge is -2.34. The molecule has 0 saturated carbocycles. The second kappa shape index (κ2) is 11.5. The molecule has 3 rings (SSSR count). The molecule has 0 unspecified atom stereocenters. The van der Waals surface area contributed by atoms with E-state index in [0.29, 0.717) is 18.4 Å². The first kappa shape index (κ1) is 24.4. The van der Waals surface area contributed by atoms with Crippen molar-refractivity contribution in [3.63, 3.8) is 0 Å². The molecule has 1 aromatic carbocycles. The number of aryl methyl sites for hydroxylation is 2. The minimum absolute atomic E-state index is 0. The molecule has 1 N–H and O–H groups in total. The van der Waals surface area contributed by atoms with Gasteiger partial charge >= 0.3 is 0 Å². The molecule has 0 atom stereocenters. The molecule has 2 aromatic rings. The molecule has 0 bridgehead atoms. The molecule has 6 heteroatoms. The van der Waals surface area contributed by atoms with Gasteiger partial charge in [-0.25, -0.2) is 0 Å². The molecule has 30 heavy (non-hydrogen) atoms. The third-order valence-corrected chi connectivity index (χ3v) is 6.11. The van der Waals surface area contributed by atoms with Gasteiger partial charge in [-0.3, -0.25) is 9.48 Å². The third kappa shape index (κ3) is 6.08. The third-order valence-electron chi connectivity index (χ3n) is 6.11. The van der Waals surface area contributed by atoms with Crippen molar-refractivity contribution in [2.75, 3.05) is 19.6 Å². The standard InChI is InChI=1S/C24H36N4O.ClH/c1-5-16-27(22-12-14-25-15-13-22)24(29)11-10-23-19(3)26-28(20(23)4)17-21-8-6-18(2)7-9-21;/h6-9,22,25H,5,10-17H2,1-4H3;1H. The number of benzene rings is 1. The Hall–Kier alpha value is -1.85. The number of hydrogen-bond donors (Lipinski definition) is 1. The molecule has 1 amide bonds. The molecule has 0 aliphatic carbocycles. The fraction of sp³-hybridized carbons (Fsp3) is 0.583. The molecule has 0 spiro atoms. The summed E-state index contributed by atoms with van der Waals surface area (Å²) in [6, 6.07) is 9.01. The normalized spacial score (nSPS) is 14.4. The van der Waals surface area contributed by atoms with Crippen molar-refractivity contribution < 1.29 is 4.79 Å². The zero-order chi connectivity index (χ0) is 20.8. The molecule has 1 aliphatic heterocycles. The van der Waals surface area contributed by atoms with Crippen molar-refractivity contribution in [2.24, 2.45) is 0 Å². The van der Waals surface area contributed by atoms with E-state index in [1.54, 1.807) is 0 Å². The van der Waals surface area contributed by atoms with Crippen molar-refractivity contribution in [1.82, 2.24) is 20.0 Å². The predicted octanol–water partition coefficient (Wildman–Crippen LogP) is 4.20. The molecule has 166 valence electrons. The Morgan fingerprint density at radius 1 is 1.17 bits per heavy atom. The van der Waals surface area contributed by atoms with Gasteiger partial charge < -0.3 is 10.2 Å². The van der Waals surface area contributed by atoms with Crippen LogP contribution in [-0.4, -0.2) is 46.3 Å². The fourth-order valence-corrected chi connectivity index (χ4v) is 4.36. The maximum atomic E-state index is 13.0. The van der Waals surface area contributed by atoms with Gasteiger partial charge in [-0.05, 0) is 70.7 Å². The summed E-state index contributed by atoms with van der Waals surface area (Å²) in [6.07, 6.45) is 4.50. The topological polar surface area (TPSA) is 50.2 Å². The molecule has 1 saturated heterocycles. The summed E-state index contributed by atoms with van der Waals surface area (Å²) < 4.78 is 2.08. The Bertz CT molecular complexity index is 809. The van der Waals surface area contributed by atoms with E-state index in [-0.39, 0.29) is 12.4 Å². The van der Waals surface area contributed by atoms with E-state index in [1.807, 2.05) is 0 Å². The van der Waals surface area contributed by atoms with E-state index >= 15 is 0 Å². The molecule has 5 nitrogen and oxygen atoms in total. The summed E-state index contributed by atoms with van der Waals surface area (Å²) in [7, 11) is 0. The van der Waals surface area contributed by atoms with E-state index < -0.39 is 0 Å². The quantitative estimate of drug-likeness (QED) is 0.680. The lowest BCUT2D eigenvalue weighted by Crippen LogP contribution is -2.46. The molecule has 2 heterocycles. The SMILES string of the molecule is CCCN(C(=O)CCc1c(C)nn(Cc2ccc(C)cc2)c1C)C1CCNCC1.Cl. The number of hydrogen-bond acceptors (Lipinski definition) is 3. The Labute approximate surface area is 187 Å². The Kier molecular flexibility index (Phi) is 9.37. The van der Waals surface area contributed by atoms with Crippen LogP contribution in [0, 0.1) is 20.8 Å². The number of amides is 1. The highest BCUT2D eigenvalue weighted by Crippen LogP contribution is 2.19. The van der Waals surface area contributed by atoms with Crippen molar-refractivity contribution in [3.8, 4) is 0 Å². The lowest BCUT2D eigenvalue weighted by atomic mass is 10.0. The summed E-state index contributed by atoms with van der Waals surface area (Å²) in [4.78, 5) is 15.2. The number of piperidine rings is 1. The highest BCUT2D eigenvalue weighted by molar-refractivity contribution is 5.85. The van der Waals surface area contributed by atoms with Crippen LogP contribution in [0.25, 0.3) is 0 Å². The Balaban J connectivity index is 0.00000320. The van der Waals surface area contributed by atoms with Crippen LogP contribution in [0.15, 0.2) is 24.3 Å². The summed E-state index contributed by atoms with van der Waals surface area (Å²) in [5.74, 6) is 0.295. The van der Waals surface area contributed by atoms with Crippen LogP contribution in [0.4, 0.5) is 0 Å². The van der Waals surface area contributed by atoms with E-state index in [9.17, 15) is 4.79 Å². The van der Waals surface area contributed by atoms with Gasteiger partial charge in [0.05, 0.1) is 12.2 Å². The Morgan fingerprint density at radius 2 is 1.83 bits per heavy atom. The zero-order valence-electron chi connectivity index (χ0n) is 18.9. The first-order valence-electron chi connectivity index (χ1n) is 11.1. The fourth-order valence-electron chi connectivity index (χ4n) is 4.36. The molecule has 0 radical (unpaired) electrons. The number of aromatic nitrogens is 2. The molecule has 1 aliphatic rings. The predicted molar refractivity (Wildman–Crippen MR) is 125 cm³/mol. The van der Waals surface area contributed by atoms with Crippen LogP contribution in [-0.2, 0) is 17.8 Å². The number of carbonyl (C=O) groups excluding carboxylic acids is 1. The highest BCUT2D eigenvalue weighted by Gasteiger charge is 2.25. The second-order valence-corrected chi connectivity index (χ2v) is 8.36. The van der Waals surface area contributed by atoms with Gasteiger partial charge in [-0.1, -0.05) is 36.8 Å². The first-order valence-corrected chi connectivity index (χ1v) is 11.1. The smallest absolute Gasteiger partial charge is 0.223 e. The highest BCUT2D eigenvalue weighted by atomic mass is 35.5. The molecule has 1 fully saturated rings. The minimum Gasteiger partial charge on any atom is -0.340 e. The van der Waals surface area contributed by atoms with Crippen LogP contribution >= 0.6 is 12.4 Å². The van der Waals surface area contributed by atoms with Crippen LogP contribution in [0.2, 0.25) is 0 Å². The van der Waals surface area contributed by atoms with Gasteiger partial charge in [0.2, 0.25) is 5.91 Å². The van der Waals surface area contributed by atoms with Crippen LogP contribution in [0.1, 0.15) is 60.7 Å². The summed E-state index contributed by atoms with van der Waals surface area (Å²) in [6.45, 7) is 12.1. The lowest BCUT2D eigenvalue weighted by molar-refractivity contribution is -0.134. The maximum Gasteiger partial charge on any atom is 0.223 e. The monoisotopic (exact) mass is 432 g/mol. The molecule has 1 aromatic heterocycles. The van der Waals surface area contributed by atoms with Crippen molar-refractivity contribution in [2.45, 2.75) is 72.4 Å². The minimum atomic E-state index is 0. The summed E-state index contributed by atoms with van der Waals surface area (Å²) >= 11 is 0. The Morgan fingerprint density at radius 3 is 2.47 bits per heavy atom. The molecular formula is C24H37ClN4O. The van der Waals surface area contributed by atoms with Crippen molar-refractivity contribution in [3.05, 3.63) is 52.3 Å². The van der Waals surface area contributed by atoms with Crippen molar-refractivity contribution >= 4 is 18.3 Å². The zero-order valence-corrected chi connectivity index (χ0v) is 19.7. The van der Waals surface area contributed by atoms with Gasteiger partial charge in [0.15, 0.2) is 0 Å². The van der Waals surface area contributed by atoms with E-state index in [2.05, 4.69) is 66.9 Å². The van der Waals surface area contributed by atoms with Gasteiger partial charge in [0.1, 0.15) is 0 Å². The second-order valence-electron chi connectivity index (χ2n) is 8.36. The van der Waals surface area contributed by atoms with Crippen LogP contribution in [0.3, 0.4) is 0 Å². The van der Waals surface area contributed by atoms with E-state index in [1.165, 1.54) is 22.4 Å². The van der Waals surface area contributed by atoms with Crippen molar-refractivity contribution in [1.29, 1.82) is 0 Å². The average Bonchev–Trinajstić information content (AvgIpc) is 2.99. The number of halogens is 1. The van der Waals surface area contributed by atoms with Crippen LogP contribution < -0.4 is 5.32 Å². The maximum absolute atomic E-state index is 13.0. The number of rotatable bonds is 8. The summed E-state index contributed by atoms with van der Waals surface area (Å²) in [5, 5.41) is 8.16. The van der Waals surface area contributed by atoms with Gasteiger partial charge in [0, 0.05) is 24.7 Å². The van der Waals surface area contributed by atoms with Gasteiger partial charge in [-0.2, -0.15) is 5.10 Å². The van der Waals surface area contributed by atoms with Crippen LogP contribution in [0.5, 0.6) is 0 Å². The first-order chi connectivity index (χ1) is 14.0. The van der Waals surface area contributed by atoms with Gasteiger partial charge in [0.25, 0.3) is 0 Å². The average molecular weight is 433 g/mol. The van der Waals surface area contributed by atoms with E-state index in [4.69, 9.17) is 5.10 Å². The number of carbonyl (C=O) groups is 1. The number of nitrogens with zero attached hydrogens (tertiary/aromatic N) is 3. The van der Waals surface area contributed by atoms with Gasteiger partial charge in [-0.15, -0.1) is 12.4 Å². The van der Waals surface area contributed by atoms with E-state index in [0.717, 1.165) is 57.6 Å². The number of nitrogens with one attached hydrogen (secondary N) is 1. The molecular weight excluding hydrogens is 396 g/mol.